The van der Waals surface area contributed by atoms with Crippen molar-refractivity contribution in [1.29, 1.82) is 0 Å². The third-order valence-electron chi connectivity index (χ3n) is 2.86. The largest absolute Gasteiger partial charge is 0.354 e. The van der Waals surface area contributed by atoms with Gasteiger partial charge in [-0.25, -0.2) is 8.42 Å². The Bertz CT molecular complexity index is 489. The summed E-state index contributed by atoms with van der Waals surface area (Å²) >= 11 is 0. The molecule has 1 aromatic heterocycles. The highest BCUT2D eigenvalue weighted by atomic mass is 32.2. The summed E-state index contributed by atoms with van der Waals surface area (Å²) in [5.41, 5.74) is 6.54. The molecule has 17 heavy (non-hydrogen) atoms. The first-order valence-corrected chi connectivity index (χ1v) is 7.40. The molecule has 0 bridgehead atoms. The molecule has 7 heteroatoms. The molecule has 94 valence electrons. The fourth-order valence-electron chi connectivity index (χ4n) is 1.93. The molecule has 2 N–H and O–H groups in total. The fourth-order valence-corrected chi connectivity index (χ4v) is 3.20. The minimum absolute atomic E-state index is 0.174. The van der Waals surface area contributed by atoms with Gasteiger partial charge in [0.15, 0.2) is 15.7 Å². The third kappa shape index (κ3) is 2.92. The van der Waals surface area contributed by atoms with Gasteiger partial charge in [0, 0.05) is 25.2 Å². The molecule has 2 rings (SSSR count). The molecule has 1 saturated heterocycles. The number of sulfone groups is 1. The van der Waals surface area contributed by atoms with Crippen molar-refractivity contribution in [2.45, 2.75) is 13.0 Å². The SMILES string of the molecule is NCc1ccnnc1N1CCCS(=O)(=O)CC1. The van der Waals surface area contributed by atoms with Crippen LogP contribution >= 0.6 is 0 Å². The Balaban J connectivity index is 2.22. The van der Waals surface area contributed by atoms with Crippen LogP contribution in [0.5, 0.6) is 0 Å². The molecule has 0 spiro atoms. The van der Waals surface area contributed by atoms with Crippen LogP contribution in [-0.2, 0) is 16.4 Å². The van der Waals surface area contributed by atoms with Crippen molar-refractivity contribution < 1.29 is 8.42 Å². The third-order valence-corrected chi connectivity index (χ3v) is 4.57. The molecule has 0 unspecified atom stereocenters. The lowest BCUT2D eigenvalue weighted by atomic mass is 10.2. The van der Waals surface area contributed by atoms with Gasteiger partial charge in [-0.1, -0.05) is 0 Å². The topological polar surface area (TPSA) is 89.2 Å². The normalized spacial score (nSPS) is 19.9. The van der Waals surface area contributed by atoms with Crippen LogP contribution in [0.3, 0.4) is 0 Å². The summed E-state index contributed by atoms with van der Waals surface area (Å²) in [5.74, 6) is 1.14. The number of aromatic nitrogens is 2. The monoisotopic (exact) mass is 256 g/mol. The van der Waals surface area contributed by atoms with Crippen LogP contribution in [0.25, 0.3) is 0 Å². The zero-order valence-corrected chi connectivity index (χ0v) is 10.4. The van der Waals surface area contributed by atoms with Crippen molar-refractivity contribution in [1.82, 2.24) is 10.2 Å². The second kappa shape index (κ2) is 4.97. The number of rotatable bonds is 2. The number of hydrogen-bond donors (Lipinski definition) is 1. The van der Waals surface area contributed by atoms with Gasteiger partial charge in [-0.05, 0) is 12.5 Å². The molecule has 1 aliphatic heterocycles. The van der Waals surface area contributed by atoms with E-state index >= 15 is 0 Å². The van der Waals surface area contributed by atoms with Crippen LogP contribution in [0.15, 0.2) is 12.3 Å². The lowest BCUT2D eigenvalue weighted by Gasteiger charge is -2.22. The van der Waals surface area contributed by atoms with E-state index in [-0.39, 0.29) is 11.5 Å². The molecule has 0 amide bonds. The van der Waals surface area contributed by atoms with E-state index in [0.29, 0.717) is 31.9 Å². The molecule has 0 atom stereocenters. The summed E-state index contributed by atoms with van der Waals surface area (Å²) in [5, 5.41) is 7.90. The Morgan fingerprint density at radius 3 is 2.94 bits per heavy atom. The molecular formula is C10H16N4O2S. The van der Waals surface area contributed by atoms with Crippen molar-refractivity contribution >= 4 is 15.7 Å². The van der Waals surface area contributed by atoms with Gasteiger partial charge in [0.25, 0.3) is 0 Å². The number of nitrogens with zero attached hydrogens (tertiary/aromatic N) is 3. The first-order valence-electron chi connectivity index (χ1n) is 5.58. The molecule has 0 radical (unpaired) electrons. The second-order valence-electron chi connectivity index (χ2n) is 4.08. The smallest absolute Gasteiger partial charge is 0.155 e. The van der Waals surface area contributed by atoms with Gasteiger partial charge < -0.3 is 10.6 Å². The van der Waals surface area contributed by atoms with Crippen LogP contribution < -0.4 is 10.6 Å². The summed E-state index contributed by atoms with van der Waals surface area (Å²) in [6.07, 6.45) is 2.23. The van der Waals surface area contributed by atoms with Crippen LogP contribution in [0.2, 0.25) is 0 Å². The van der Waals surface area contributed by atoms with Crippen LogP contribution in [0, 0.1) is 0 Å². The predicted molar refractivity (Wildman–Crippen MR) is 65.4 cm³/mol. The molecule has 1 aromatic rings. The van der Waals surface area contributed by atoms with E-state index in [4.69, 9.17) is 5.73 Å². The molecule has 0 saturated carbocycles. The average molecular weight is 256 g/mol. The van der Waals surface area contributed by atoms with E-state index in [9.17, 15) is 8.42 Å². The Morgan fingerprint density at radius 1 is 1.35 bits per heavy atom. The number of hydrogen-bond acceptors (Lipinski definition) is 6. The van der Waals surface area contributed by atoms with Crippen LogP contribution in [-0.4, -0.2) is 43.2 Å². The van der Waals surface area contributed by atoms with E-state index in [1.807, 2.05) is 11.0 Å². The van der Waals surface area contributed by atoms with Crippen molar-refractivity contribution in [2.75, 3.05) is 29.5 Å². The van der Waals surface area contributed by atoms with Gasteiger partial charge in [0.1, 0.15) is 0 Å². The first-order chi connectivity index (χ1) is 8.12. The molecule has 6 nitrogen and oxygen atoms in total. The van der Waals surface area contributed by atoms with Gasteiger partial charge in [-0.3, -0.25) is 0 Å². The highest BCUT2D eigenvalue weighted by molar-refractivity contribution is 7.91. The predicted octanol–water partition coefficient (Wildman–Crippen LogP) is -0.440. The highest BCUT2D eigenvalue weighted by Gasteiger charge is 2.21. The van der Waals surface area contributed by atoms with Gasteiger partial charge in [-0.2, -0.15) is 5.10 Å². The van der Waals surface area contributed by atoms with E-state index in [1.54, 1.807) is 6.20 Å². The van der Waals surface area contributed by atoms with Crippen molar-refractivity contribution in [3.63, 3.8) is 0 Å². The van der Waals surface area contributed by atoms with Gasteiger partial charge >= 0.3 is 0 Å². The molecule has 0 aliphatic carbocycles. The van der Waals surface area contributed by atoms with E-state index < -0.39 is 9.84 Å². The Kier molecular flexibility index (Phi) is 3.58. The minimum atomic E-state index is -2.90. The van der Waals surface area contributed by atoms with Gasteiger partial charge in [0.05, 0.1) is 17.7 Å². The van der Waals surface area contributed by atoms with Crippen molar-refractivity contribution in [3.05, 3.63) is 17.8 Å². The maximum absolute atomic E-state index is 11.5. The quantitative estimate of drug-likeness (QED) is 0.771. The average Bonchev–Trinajstić information content (AvgIpc) is 2.50. The second-order valence-corrected chi connectivity index (χ2v) is 6.38. The highest BCUT2D eigenvalue weighted by Crippen LogP contribution is 2.18. The summed E-state index contributed by atoms with van der Waals surface area (Å²) < 4.78 is 23.0. The fraction of sp³-hybridized carbons (Fsp3) is 0.600. The van der Waals surface area contributed by atoms with Crippen LogP contribution in [0.4, 0.5) is 5.82 Å². The summed E-state index contributed by atoms with van der Waals surface area (Å²) in [7, 11) is -2.90. The molecular weight excluding hydrogens is 240 g/mol. The van der Waals surface area contributed by atoms with Crippen LogP contribution in [0.1, 0.15) is 12.0 Å². The van der Waals surface area contributed by atoms with Gasteiger partial charge in [0.2, 0.25) is 0 Å². The van der Waals surface area contributed by atoms with E-state index in [0.717, 1.165) is 5.56 Å². The number of nitrogens with two attached hydrogens (primary N) is 1. The zero-order chi connectivity index (χ0) is 12.3. The standard InChI is InChI=1S/C10H16N4O2S/c11-8-9-2-3-12-13-10(9)14-4-1-6-17(15,16)7-5-14/h2-3H,1,4-8,11H2. The van der Waals surface area contributed by atoms with E-state index in [1.165, 1.54) is 0 Å². The maximum Gasteiger partial charge on any atom is 0.155 e. The van der Waals surface area contributed by atoms with Crippen molar-refractivity contribution in [2.24, 2.45) is 5.73 Å². The maximum atomic E-state index is 11.5. The summed E-state index contributed by atoms with van der Waals surface area (Å²) in [4.78, 5) is 1.96. The minimum Gasteiger partial charge on any atom is -0.354 e. The van der Waals surface area contributed by atoms with Gasteiger partial charge in [-0.15, -0.1) is 5.10 Å². The summed E-state index contributed by atoms with van der Waals surface area (Å²) in [6.45, 7) is 1.53. The van der Waals surface area contributed by atoms with E-state index in [2.05, 4.69) is 10.2 Å². The molecule has 1 fully saturated rings. The lowest BCUT2D eigenvalue weighted by Crippen LogP contribution is -2.29. The Morgan fingerprint density at radius 2 is 2.18 bits per heavy atom. The summed E-state index contributed by atoms with van der Waals surface area (Å²) in [6, 6.07) is 1.82. The Hall–Kier alpha value is -1.21. The van der Waals surface area contributed by atoms with Crippen molar-refractivity contribution in [3.8, 4) is 0 Å². The zero-order valence-electron chi connectivity index (χ0n) is 9.54. The lowest BCUT2D eigenvalue weighted by molar-refractivity contribution is 0.597. The molecule has 0 aromatic carbocycles. The number of anilines is 1. The first kappa shape index (κ1) is 12.3. The molecule has 2 heterocycles. The Labute approximate surface area is 101 Å². The molecule has 1 aliphatic rings.